The summed E-state index contributed by atoms with van der Waals surface area (Å²) in [4.78, 5) is 6.60. The van der Waals surface area contributed by atoms with Crippen molar-refractivity contribution in [3.05, 3.63) is 30.5 Å². The number of rotatable bonds is 1. The molecular weight excluding hydrogens is 236 g/mol. The fourth-order valence-electron chi connectivity index (χ4n) is 2.30. The summed E-state index contributed by atoms with van der Waals surface area (Å²) < 4.78 is 0. The summed E-state index contributed by atoms with van der Waals surface area (Å²) in [6.07, 6.45) is 2.79. The van der Waals surface area contributed by atoms with Crippen molar-refractivity contribution in [2.45, 2.75) is 11.8 Å². The summed E-state index contributed by atoms with van der Waals surface area (Å²) in [6, 6.07) is 7.32. The molecule has 1 aromatic carbocycles. The van der Waals surface area contributed by atoms with E-state index in [0.29, 0.717) is 0 Å². The maximum atomic E-state index is 9.58. The maximum absolute atomic E-state index is 9.58. The molecule has 3 rings (SSSR count). The molecule has 1 aromatic heterocycles. The average Bonchev–Trinajstić information content (AvgIpc) is 2.75. The monoisotopic (exact) mass is 248 g/mol. The topological polar surface area (TPSA) is 36.4 Å². The molecule has 0 bridgehead atoms. The number of phenolic OH excluding ortho intramolecular Hbond substituents is 1. The predicted molar refractivity (Wildman–Crippen MR) is 69.9 cm³/mol. The first-order valence-corrected chi connectivity index (χ1v) is 6.14. The Morgan fingerprint density at radius 2 is 2.24 bits per heavy atom. The van der Waals surface area contributed by atoms with Crippen molar-refractivity contribution in [3.63, 3.8) is 0 Å². The highest BCUT2D eigenvalue weighted by atomic mass is 35.5. The smallest absolute Gasteiger partial charge is 0.136 e. The minimum absolute atomic E-state index is 0.198. The number of benzene rings is 1. The van der Waals surface area contributed by atoms with E-state index in [1.165, 1.54) is 0 Å². The Morgan fingerprint density at radius 1 is 1.35 bits per heavy atom. The molecule has 0 aliphatic carbocycles. The Morgan fingerprint density at radius 3 is 3.00 bits per heavy atom. The second kappa shape index (κ2) is 4.08. The van der Waals surface area contributed by atoms with Crippen molar-refractivity contribution in [1.82, 2.24) is 4.98 Å². The first-order chi connectivity index (χ1) is 8.24. The second-order valence-corrected chi connectivity index (χ2v) is 4.99. The van der Waals surface area contributed by atoms with Crippen molar-refractivity contribution < 1.29 is 5.11 Å². The van der Waals surface area contributed by atoms with Gasteiger partial charge in [-0.1, -0.05) is 6.07 Å². The molecule has 1 atom stereocenters. The van der Waals surface area contributed by atoms with E-state index >= 15 is 0 Å². The molecule has 1 unspecified atom stereocenters. The fourth-order valence-corrected chi connectivity index (χ4v) is 2.57. The Kier molecular flexibility index (Phi) is 2.56. The van der Waals surface area contributed by atoms with Crippen molar-refractivity contribution >= 4 is 28.2 Å². The quantitative estimate of drug-likeness (QED) is 0.789. The lowest BCUT2D eigenvalue weighted by Gasteiger charge is -2.18. The molecule has 17 heavy (non-hydrogen) atoms. The van der Waals surface area contributed by atoms with Gasteiger partial charge in [0.25, 0.3) is 0 Å². The van der Waals surface area contributed by atoms with Gasteiger partial charge in [0.2, 0.25) is 0 Å². The number of hydrogen-bond acceptors (Lipinski definition) is 3. The van der Waals surface area contributed by atoms with Crippen LogP contribution >= 0.6 is 11.6 Å². The zero-order chi connectivity index (χ0) is 11.8. The predicted octanol–water partition coefficient (Wildman–Crippen LogP) is 2.76. The number of aromatic hydroxyl groups is 1. The van der Waals surface area contributed by atoms with Gasteiger partial charge in [-0.3, -0.25) is 0 Å². The van der Waals surface area contributed by atoms with Crippen LogP contribution < -0.4 is 4.90 Å². The van der Waals surface area contributed by atoms with Crippen LogP contribution in [-0.2, 0) is 0 Å². The van der Waals surface area contributed by atoms with Crippen molar-refractivity contribution in [2.24, 2.45) is 0 Å². The largest absolute Gasteiger partial charge is 0.508 e. The second-order valence-electron chi connectivity index (χ2n) is 4.37. The van der Waals surface area contributed by atoms with Crippen LogP contribution in [-0.4, -0.2) is 28.6 Å². The number of anilines is 1. The molecular formula is C13H13ClN2O. The van der Waals surface area contributed by atoms with Gasteiger partial charge in [-0.05, 0) is 30.0 Å². The minimum Gasteiger partial charge on any atom is -0.508 e. The summed E-state index contributed by atoms with van der Waals surface area (Å²) in [7, 11) is 0. The highest BCUT2D eigenvalue weighted by Crippen LogP contribution is 2.30. The third-order valence-corrected chi connectivity index (χ3v) is 3.52. The summed E-state index contributed by atoms with van der Waals surface area (Å²) in [5, 5.41) is 11.8. The maximum Gasteiger partial charge on any atom is 0.136 e. The van der Waals surface area contributed by atoms with Gasteiger partial charge >= 0.3 is 0 Å². The number of hydrogen-bond donors (Lipinski definition) is 1. The number of fused-ring (bicyclic) bond motifs is 1. The Labute approximate surface area is 105 Å². The molecule has 2 aromatic rings. The van der Waals surface area contributed by atoms with Crippen LogP contribution in [0.25, 0.3) is 10.8 Å². The van der Waals surface area contributed by atoms with E-state index in [1.807, 2.05) is 12.1 Å². The van der Waals surface area contributed by atoms with Gasteiger partial charge < -0.3 is 10.0 Å². The Hall–Kier alpha value is -1.48. The highest BCUT2D eigenvalue weighted by Gasteiger charge is 2.22. The van der Waals surface area contributed by atoms with Crippen LogP contribution in [0.5, 0.6) is 5.75 Å². The first-order valence-electron chi connectivity index (χ1n) is 5.71. The van der Waals surface area contributed by atoms with Crippen molar-refractivity contribution in [2.75, 3.05) is 18.0 Å². The molecule has 0 radical (unpaired) electrons. The number of phenols is 1. The molecule has 1 aliphatic rings. The third kappa shape index (κ3) is 1.91. The van der Waals surface area contributed by atoms with E-state index in [4.69, 9.17) is 11.6 Å². The van der Waals surface area contributed by atoms with E-state index in [2.05, 4.69) is 9.88 Å². The zero-order valence-corrected chi connectivity index (χ0v) is 10.1. The number of alkyl halides is 1. The molecule has 3 nitrogen and oxygen atoms in total. The molecule has 1 fully saturated rings. The Balaban J connectivity index is 2.12. The summed E-state index contributed by atoms with van der Waals surface area (Å²) in [6.45, 7) is 1.75. The molecule has 1 N–H and O–H groups in total. The van der Waals surface area contributed by atoms with Gasteiger partial charge in [0.15, 0.2) is 0 Å². The van der Waals surface area contributed by atoms with E-state index in [0.717, 1.165) is 36.1 Å². The average molecular weight is 249 g/mol. The Bertz CT molecular complexity index is 558. The molecule has 1 aliphatic heterocycles. The molecule has 88 valence electrons. The summed E-state index contributed by atoms with van der Waals surface area (Å²) >= 11 is 6.12. The minimum atomic E-state index is 0.198. The first kappa shape index (κ1) is 10.7. The summed E-state index contributed by atoms with van der Waals surface area (Å²) in [5.41, 5.74) is 0. The van der Waals surface area contributed by atoms with Gasteiger partial charge in [-0.2, -0.15) is 0 Å². The normalized spacial score (nSPS) is 20.1. The van der Waals surface area contributed by atoms with Crippen LogP contribution in [0, 0.1) is 0 Å². The lowest BCUT2D eigenvalue weighted by atomic mass is 10.1. The lowest BCUT2D eigenvalue weighted by molar-refractivity contribution is 0.476. The number of nitrogens with zero attached hydrogens (tertiary/aromatic N) is 2. The van der Waals surface area contributed by atoms with E-state index in [-0.39, 0.29) is 11.1 Å². The lowest BCUT2D eigenvalue weighted by Crippen LogP contribution is -2.21. The zero-order valence-electron chi connectivity index (χ0n) is 9.31. The van der Waals surface area contributed by atoms with Gasteiger partial charge in [0, 0.05) is 24.7 Å². The number of pyridine rings is 1. The standard InChI is InChI=1S/C13H13ClN2O/c14-10-4-6-16(8-10)13-12-7-11(17)2-1-9(12)3-5-15-13/h1-3,5,7,10,17H,4,6,8H2. The molecule has 0 spiro atoms. The van der Waals surface area contributed by atoms with Crippen LogP contribution in [0.3, 0.4) is 0 Å². The van der Waals surface area contributed by atoms with Gasteiger partial charge in [-0.15, -0.1) is 11.6 Å². The van der Waals surface area contributed by atoms with Crippen LogP contribution in [0.1, 0.15) is 6.42 Å². The van der Waals surface area contributed by atoms with Crippen molar-refractivity contribution in [3.8, 4) is 5.75 Å². The van der Waals surface area contributed by atoms with Gasteiger partial charge in [0.1, 0.15) is 11.6 Å². The third-order valence-electron chi connectivity index (χ3n) is 3.16. The van der Waals surface area contributed by atoms with Gasteiger partial charge in [0.05, 0.1) is 5.38 Å². The van der Waals surface area contributed by atoms with Gasteiger partial charge in [-0.25, -0.2) is 4.98 Å². The van der Waals surface area contributed by atoms with E-state index in [9.17, 15) is 5.11 Å². The summed E-state index contributed by atoms with van der Waals surface area (Å²) in [5.74, 6) is 1.19. The van der Waals surface area contributed by atoms with Crippen LogP contribution in [0.15, 0.2) is 30.5 Å². The molecule has 0 saturated carbocycles. The van der Waals surface area contributed by atoms with E-state index < -0.39 is 0 Å². The molecule has 2 heterocycles. The van der Waals surface area contributed by atoms with Crippen molar-refractivity contribution in [1.29, 1.82) is 0 Å². The molecule has 1 saturated heterocycles. The number of aromatic nitrogens is 1. The molecule has 0 amide bonds. The van der Waals surface area contributed by atoms with Crippen LogP contribution in [0.2, 0.25) is 0 Å². The van der Waals surface area contributed by atoms with Crippen LogP contribution in [0.4, 0.5) is 5.82 Å². The SMILES string of the molecule is Oc1ccc2ccnc(N3CCC(Cl)C3)c2c1. The highest BCUT2D eigenvalue weighted by molar-refractivity contribution is 6.21. The fraction of sp³-hybridized carbons (Fsp3) is 0.308. The molecule has 4 heteroatoms. The van der Waals surface area contributed by atoms with E-state index in [1.54, 1.807) is 18.3 Å². The number of halogens is 1.